The van der Waals surface area contributed by atoms with Gasteiger partial charge < -0.3 is 19.5 Å². The van der Waals surface area contributed by atoms with E-state index in [1.165, 1.54) is 0 Å². The second-order valence-corrected chi connectivity index (χ2v) is 6.72. The summed E-state index contributed by atoms with van der Waals surface area (Å²) in [5.41, 5.74) is 1.67. The summed E-state index contributed by atoms with van der Waals surface area (Å²) in [4.78, 5) is 13.9. The molecule has 2 atom stereocenters. The van der Waals surface area contributed by atoms with E-state index in [4.69, 9.17) is 9.47 Å². The van der Waals surface area contributed by atoms with Gasteiger partial charge in [0.25, 0.3) is 0 Å². The molecule has 5 heteroatoms. The molecule has 1 saturated heterocycles. The maximum absolute atomic E-state index is 12.2. The van der Waals surface area contributed by atoms with Gasteiger partial charge in [-0.2, -0.15) is 0 Å². The van der Waals surface area contributed by atoms with E-state index in [0.717, 1.165) is 11.1 Å². The van der Waals surface area contributed by atoms with Crippen LogP contribution in [0.15, 0.2) is 18.2 Å². The van der Waals surface area contributed by atoms with Crippen molar-refractivity contribution in [3.63, 3.8) is 0 Å². The summed E-state index contributed by atoms with van der Waals surface area (Å²) < 4.78 is 11.3. The van der Waals surface area contributed by atoms with Crippen molar-refractivity contribution in [3.05, 3.63) is 29.3 Å². The Morgan fingerprint density at radius 3 is 2.86 bits per heavy atom. The third-order valence-corrected chi connectivity index (χ3v) is 3.90. The fraction of sp³-hybridized carbons (Fsp3) is 0.562. The van der Waals surface area contributed by atoms with E-state index in [2.05, 4.69) is 0 Å². The van der Waals surface area contributed by atoms with Gasteiger partial charge in [-0.3, -0.25) is 0 Å². The van der Waals surface area contributed by atoms with E-state index in [0.29, 0.717) is 19.7 Å². The lowest BCUT2D eigenvalue weighted by Gasteiger charge is -2.27. The third kappa shape index (κ3) is 2.83. The number of rotatable bonds is 0. The lowest BCUT2D eigenvalue weighted by atomic mass is 9.89. The summed E-state index contributed by atoms with van der Waals surface area (Å²) in [6.07, 6.45) is -0.282. The van der Waals surface area contributed by atoms with E-state index in [1.54, 1.807) is 17.0 Å². The number of amides is 1. The first-order valence-corrected chi connectivity index (χ1v) is 7.25. The summed E-state index contributed by atoms with van der Waals surface area (Å²) in [5, 5.41) is 9.56. The molecule has 0 saturated carbocycles. The summed E-state index contributed by atoms with van der Waals surface area (Å²) in [6, 6.07) is 5.36. The van der Waals surface area contributed by atoms with Crippen molar-refractivity contribution >= 4 is 6.09 Å². The minimum atomic E-state index is -0.491. The molecule has 0 radical (unpaired) electrons. The van der Waals surface area contributed by atoms with Crippen LogP contribution in [0.25, 0.3) is 0 Å². The second kappa shape index (κ2) is 4.91. The van der Waals surface area contributed by atoms with Gasteiger partial charge in [-0.25, -0.2) is 4.79 Å². The Hall–Kier alpha value is -1.75. The third-order valence-electron chi connectivity index (χ3n) is 3.90. The fourth-order valence-electron chi connectivity index (χ4n) is 2.99. The van der Waals surface area contributed by atoms with Crippen LogP contribution < -0.4 is 0 Å². The van der Waals surface area contributed by atoms with Crippen LogP contribution in [0.1, 0.15) is 37.8 Å². The summed E-state index contributed by atoms with van der Waals surface area (Å²) in [6.45, 7) is 7.22. The van der Waals surface area contributed by atoms with Crippen LogP contribution in [0.2, 0.25) is 0 Å². The highest BCUT2D eigenvalue weighted by atomic mass is 16.6. The van der Waals surface area contributed by atoms with E-state index < -0.39 is 5.60 Å². The zero-order valence-corrected chi connectivity index (χ0v) is 12.6. The van der Waals surface area contributed by atoms with Crippen LogP contribution in [-0.4, -0.2) is 40.9 Å². The Kier molecular flexibility index (Phi) is 3.32. The van der Waals surface area contributed by atoms with Gasteiger partial charge in [0, 0.05) is 12.5 Å². The van der Waals surface area contributed by atoms with Crippen LogP contribution in [-0.2, 0) is 16.1 Å². The van der Waals surface area contributed by atoms with Gasteiger partial charge in [-0.05, 0) is 44.0 Å². The molecule has 0 aromatic heterocycles. The first-order valence-electron chi connectivity index (χ1n) is 7.25. The van der Waals surface area contributed by atoms with Crippen LogP contribution in [0.4, 0.5) is 4.79 Å². The van der Waals surface area contributed by atoms with Crippen LogP contribution in [0.3, 0.4) is 0 Å². The Morgan fingerprint density at radius 2 is 2.14 bits per heavy atom. The molecule has 2 aliphatic heterocycles. The Balaban J connectivity index is 1.77. The number of aromatic hydroxyl groups is 1. The molecule has 3 rings (SSSR count). The fourth-order valence-corrected chi connectivity index (χ4v) is 2.99. The molecule has 0 unspecified atom stereocenters. The molecule has 1 amide bonds. The number of carbonyl (C=O) groups is 1. The monoisotopic (exact) mass is 291 g/mol. The number of carbonyl (C=O) groups excluding carboxylic acids is 1. The maximum Gasteiger partial charge on any atom is 0.410 e. The van der Waals surface area contributed by atoms with Crippen LogP contribution in [0.5, 0.6) is 5.75 Å². The predicted molar refractivity (Wildman–Crippen MR) is 77.2 cm³/mol. The molecule has 21 heavy (non-hydrogen) atoms. The van der Waals surface area contributed by atoms with Crippen molar-refractivity contribution in [2.45, 2.75) is 45.0 Å². The number of hydrogen-bond acceptors (Lipinski definition) is 4. The van der Waals surface area contributed by atoms with Gasteiger partial charge >= 0.3 is 6.09 Å². The van der Waals surface area contributed by atoms with Crippen molar-refractivity contribution < 1.29 is 19.4 Å². The molecule has 1 fully saturated rings. The van der Waals surface area contributed by atoms with Crippen LogP contribution >= 0.6 is 0 Å². The molecule has 0 aliphatic carbocycles. The number of likely N-dealkylation sites (tertiary alicyclic amines) is 1. The second-order valence-electron chi connectivity index (χ2n) is 6.72. The van der Waals surface area contributed by atoms with E-state index in [9.17, 15) is 9.90 Å². The molecule has 5 nitrogen and oxygen atoms in total. The largest absolute Gasteiger partial charge is 0.508 e. The number of phenols is 1. The molecule has 114 valence electrons. The molecule has 1 aromatic rings. The minimum Gasteiger partial charge on any atom is -0.508 e. The van der Waals surface area contributed by atoms with E-state index in [1.807, 2.05) is 26.8 Å². The maximum atomic E-state index is 12.2. The highest BCUT2D eigenvalue weighted by Crippen LogP contribution is 2.38. The highest BCUT2D eigenvalue weighted by molar-refractivity contribution is 5.69. The normalized spacial score (nSPS) is 24.4. The first kappa shape index (κ1) is 14.2. The zero-order valence-electron chi connectivity index (χ0n) is 12.6. The van der Waals surface area contributed by atoms with Crippen molar-refractivity contribution in [3.8, 4) is 5.75 Å². The smallest absolute Gasteiger partial charge is 0.410 e. The average Bonchev–Trinajstić information content (AvgIpc) is 2.80. The molecule has 1 N–H and O–H groups in total. The zero-order chi connectivity index (χ0) is 15.2. The van der Waals surface area contributed by atoms with Gasteiger partial charge in [-0.1, -0.05) is 6.07 Å². The van der Waals surface area contributed by atoms with Crippen molar-refractivity contribution in [1.29, 1.82) is 0 Å². The number of phenolic OH excluding ortho intramolecular Hbond substituents is 1. The topological polar surface area (TPSA) is 59.0 Å². The van der Waals surface area contributed by atoms with Gasteiger partial charge in [0.05, 0.1) is 19.3 Å². The van der Waals surface area contributed by atoms with Gasteiger partial charge in [0.1, 0.15) is 11.4 Å². The first-order chi connectivity index (χ1) is 9.83. The van der Waals surface area contributed by atoms with E-state index >= 15 is 0 Å². The summed E-state index contributed by atoms with van der Waals surface area (Å²) >= 11 is 0. The van der Waals surface area contributed by atoms with Gasteiger partial charge in [0.15, 0.2) is 0 Å². The summed E-state index contributed by atoms with van der Waals surface area (Å²) in [7, 11) is 0. The molecule has 2 aliphatic rings. The molecule has 2 heterocycles. The molecular formula is C16H21NO4. The molecule has 1 aromatic carbocycles. The lowest BCUT2D eigenvalue weighted by molar-refractivity contribution is 0.0126. The Labute approximate surface area is 124 Å². The number of benzene rings is 1. The molecular weight excluding hydrogens is 270 g/mol. The predicted octanol–water partition coefficient (Wildman–Crippen LogP) is 2.63. The standard InChI is InChI=1S/C16H21NO4/c1-16(2,3)21-15(19)17-7-13-12-5-4-11(18)6-10(12)9-20-14(13)8-17/h4-6,13-14,18H,7-9H2,1-3H3/t13-,14-/m0/s1. The Morgan fingerprint density at radius 1 is 1.38 bits per heavy atom. The van der Waals surface area contributed by atoms with E-state index in [-0.39, 0.29) is 23.9 Å². The lowest BCUT2D eigenvalue weighted by Crippen LogP contribution is -2.36. The summed E-state index contributed by atoms with van der Waals surface area (Å²) in [5.74, 6) is 0.402. The number of fused-ring (bicyclic) bond motifs is 3. The quantitative estimate of drug-likeness (QED) is 0.798. The molecule has 0 bridgehead atoms. The number of hydrogen-bond donors (Lipinski definition) is 1. The number of ether oxygens (including phenoxy) is 2. The average molecular weight is 291 g/mol. The van der Waals surface area contributed by atoms with Gasteiger partial charge in [-0.15, -0.1) is 0 Å². The highest BCUT2D eigenvalue weighted by Gasteiger charge is 2.41. The number of nitrogens with zero attached hydrogens (tertiary/aromatic N) is 1. The molecule has 0 spiro atoms. The van der Waals surface area contributed by atoms with Crippen molar-refractivity contribution in [1.82, 2.24) is 4.90 Å². The Bertz CT molecular complexity index is 564. The van der Waals surface area contributed by atoms with Crippen LogP contribution in [0, 0.1) is 0 Å². The van der Waals surface area contributed by atoms with Crippen molar-refractivity contribution in [2.24, 2.45) is 0 Å². The van der Waals surface area contributed by atoms with Gasteiger partial charge in [0.2, 0.25) is 0 Å². The SMILES string of the molecule is CC(C)(C)OC(=O)N1C[C@@H]2OCc3cc(O)ccc3[C@@H]2C1. The van der Waals surface area contributed by atoms with Crippen molar-refractivity contribution in [2.75, 3.05) is 13.1 Å². The minimum absolute atomic E-state index is 0.00885.